The van der Waals surface area contributed by atoms with Gasteiger partial charge >= 0.3 is 6.18 Å². The number of nitrogens with two attached hydrogens (primary N) is 1. The van der Waals surface area contributed by atoms with E-state index < -0.39 is 23.2 Å². The van der Waals surface area contributed by atoms with Crippen molar-refractivity contribution in [1.82, 2.24) is 4.98 Å². The van der Waals surface area contributed by atoms with E-state index in [0.717, 1.165) is 18.2 Å². The number of aromatic amines is 1. The Balaban J connectivity index is 2.84. The van der Waals surface area contributed by atoms with Crippen molar-refractivity contribution in [2.75, 3.05) is 0 Å². The van der Waals surface area contributed by atoms with Crippen LogP contribution in [0.5, 0.6) is 0 Å². The Bertz CT molecular complexity index is 732. The maximum Gasteiger partial charge on any atom is 0.416 e. The van der Waals surface area contributed by atoms with Gasteiger partial charge in [0.1, 0.15) is 5.69 Å². The highest BCUT2D eigenvalue weighted by molar-refractivity contribution is 5.98. The molecule has 0 saturated carbocycles. The van der Waals surface area contributed by atoms with Crippen LogP contribution >= 0.6 is 0 Å². The molecule has 1 amide bonds. The first-order valence-electron chi connectivity index (χ1n) is 5.25. The zero-order valence-corrected chi connectivity index (χ0v) is 9.76. The number of pyridine rings is 1. The van der Waals surface area contributed by atoms with Crippen molar-refractivity contribution in [3.05, 3.63) is 45.4 Å². The van der Waals surface area contributed by atoms with Crippen LogP contribution in [0.2, 0.25) is 0 Å². The summed E-state index contributed by atoms with van der Waals surface area (Å²) in [5, 5.41) is 0.142. The van der Waals surface area contributed by atoms with Gasteiger partial charge in [0.05, 0.1) is 5.56 Å². The summed E-state index contributed by atoms with van der Waals surface area (Å²) in [6.07, 6.45) is -4.53. The fourth-order valence-corrected chi connectivity index (χ4v) is 1.89. The number of hydrogen-bond acceptors (Lipinski definition) is 2. The lowest BCUT2D eigenvalue weighted by Gasteiger charge is -2.10. The van der Waals surface area contributed by atoms with Gasteiger partial charge in [-0.3, -0.25) is 9.59 Å². The third-order valence-electron chi connectivity index (χ3n) is 2.86. The number of halogens is 3. The molecule has 2 rings (SSSR count). The number of fused-ring (bicyclic) bond motifs is 1. The van der Waals surface area contributed by atoms with E-state index in [2.05, 4.69) is 4.98 Å². The molecule has 1 aromatic carbocycles. The van der Waals surface area contributed by atoms with Crippen LogP contribution in [0.15, 0.2) is 23.0 Å². The van der Waals surface area contributed by atoms with E-state index >= 15 is 0 Å². The van der Waals surface area contributed by atoms with E-state index in [4.69, 9.17) is 5.73 Å². The highest BCUT2D eigenvalue weighted by atomic mass is 19.4. The fourth-order valence-electron chi connectivity index (χ4n) is 1.89. The first-order valence-corrected chi connectivity index (χ1v) is 5.25. The second-order valence-corrected chi connectivity index (χ2v) is 4.08. The van der Waals surface area contributed by atoms with Crippen molar-refractivity contribution in [3.8, 4) is 0 Å². The van der Waals surface area contributed by atoms with E-state index in [1.165, 1.54) is 6.92 Å². The molecule has 3 N–H and O–H groups in total. The third-order valence-corrected chi connectivity index (χ3v) is 2.86. The summed E-state index contributed by atoms with van der Waals surface area (Å²) in [5.74, 6) is -0.837. The molecule has 7 heteroatoms. The van der Waals surface area contributed by atoms with Crippen LogP contribution < -0.4 is 11.3 Å². The number of primary amides is 1. The maximum absolute atomic E-state index is 12.6. The summed E-state index contributed by atoms with van der Waals surface area (Å²) >= 11 is 0. The molecule has 100 valence electrons. The monoisotopic (exact) mass is 270 g/mol. The smallest absolute Gasteiger partial charge is 0.364 e. The minimum atomic E-state index is -4.53. The molecule has 1 heterocycles. The molecule has 0 aliphatic heterocycles. The lowest BCUT2D eigenvalue weighted by molar-refractivity contribution is -0.137. The van der Waals surface area contributed by atoms with Crippen LogP contribution in [0.1, 0.15) is 21.6 Å². The SMILES string of the molecule is Cc1c(C(N)=O)[nH]c(=O)c2cc(C(F)(F)F)ccc12. The number of aromatic nitrogens is 1. The van der Waals surface area contributed by atoms with Crippen LogP contribution in [-0.4, -0.2) is 10.9 Å². The van der Waals surface area contributed by atoms with E-state index in [9.17, 15) is 22.8 Å². The van der Waals surface area contributed by atoms with Gasteiger partial charge in [-0.2, -0.15) is 13.2 Å². The number of nitrogens with one attached hydrogen (secondary N) is 1. The largest absolute Gasteiger partial charge is 0.416 e. The maximum atomic E-state index is 12.6. The molecule has 0 radical (unpaired) electrons. The summed E-state index contributed by atoms with van der Waals surface area (Å²) in [6.45, 7) is 1.51. The Morgan fingerprint density at radius 3 is 2.42 bits per heavy atom. The number of H-pyrrole nitrogens is 1. The number of alkyl halides is 3. The van der Waals surface area contributed by atoms with Crippen LogP contribution in [0.3, 0.4) is 0 Å². The van der Waals surface area contributed by atoms with Crippen molar-refractivity contribution >= 4 is 16.7 Å². The average Bonchev–Trinajstić information content (AvgIpc) is 2.31. The summed E-state index contributed by atoms with van der Waals surface area (Å²) < 4.78 is 37.7. The highest BCUT2D eigenvalue weighted by Gasteiger charge is 2.31. The van der Waals surface area contributed by atoms with Crippen LogP contribution in [0.4, 0.5) is 13.2 Å². The Morgan fingerprint density at radius 2 is 1.89 bits per heavy atom. The van der Waals surface area contributed by atoms with Crippen LogP contribution in [0, 0.1) is 6.92 Å². The van der Waals surface area contributed by atoms with Gasteiger partial charge in [0, 0.05) is 5.39 Å². The van der Waals surface area contributed by atoms with E-state index in [1.54, 1.807) is 0 Å². The van der Waals surface area contributed by atoms with Crippen molar-refractivity contribution in [2.24, 2.45) is 5.73 Å². The molecule has 19 heavy (non-hydrogen) atoms. The molecule has 0 bridgehead atoms. The van der Waals surface area contributed by atoms with Crippen molar-refractivity contribution in [1.29, 1.82) is 0 Å². The number of hydrogen-bond donors (Lipinski definition) is 2. The van der Waals surface area contributed by atoms with Gasteiger partial charge in [-0.15, -0.1) is 0 Å². The fraction of sp³-hybridized carbons (Fsp3) is 0.167. The van der Waals surface area contributed by atoms with Crippen LogP contribution in [0.25, 0.3) is 10.8 Å². The topological polar surface area (TPSA) is 76.0 Å². The molecule has 0 atom stereocenters. The number of benzene rings is 1. The van der Waals surface area contributed by atoms with Crippen LogP contribution in [-0.2, 0) is 6.18 Å². The van der Waals surface area contributed by atoms with E-state index in [1.807, 2.05) is 0 Å². The second kappa shape index (κ2) is 4.11. The number of carbonyl (C=O) groups excluding carboxylic acids is 1. The number of carbonyl (C=O) groups is 1. The highest BCUT2D eigenvalue weighted by Crippen LogP contribution is 2.31. The summed E-state index contributed by atoms with van der Waals surface area (Å²) in [4.78, 5) is 25.0. The lowest BCUT2D eigenvalue weighted by Crippen LogP contribution is -2.21. The average molecular weight is 270 g/mol. The van der Waals surface area contributed by atoms with Crippen molar-refractivity contribution in [2.45, 2.75) is 13.1 Å². The first kappa shape index (κ1) is 13.1. The van der Waals surface area contributed by atoms with Crippen molar-refractivity contribution in [3.63, 3.8) is 0 Å². The summed E-state index contributed by atoms with van der Waals surface area (Å²) in [7, 11) is 0. The molecular formula is C12H9F3N2O2. The standard InChI is InChI=1S/C12H9F3N2O2/c1-5-7-3-2-6(12(13,14)15)4-8(7)11(19)17-9(5)10(16)18/h2-4H,1H3,(H2,16,18)(H,17,19). The van der Waals surface area contributed by atoms with Gasteiger partial charge < -0.3 is 10.7 Å². The normalized spacial score (nSPS) is 11.8. The molecule has 0 saturated heterocycles. The summed E-state index contributed by atoms with van der Waals surface area (Å²) in [5.41, 5.74) is 3.63. The number of aryl methyl sites for hydroxylation is 1. The Morgan fingerprint density at radius 1 is 1.26 bits per heavy atom. The summed E-state index contributed by atoms with van der Waals surface area (Å²) in [6, 6.07) is 2.78. The zero-order chi connectivity index (χ0) is 14.4. The Hall–Kier alpha value is -2.31. The van der Waals surface area contributed by atoms with Gasteiger partial charge in [0.2, 0.25) is 0 Å². The number of rotatable bonds is 1. The predicted octanol–water partition coefficient (Wildman–Crippen LogP) is 1.95. The van der Waals surface area contributed by atoms with Gasteiger partial charge in [-0.05, 0) is 30.0 Å². The molecule has 0 spiro atoms. The number of amides is 1. The minimum absolute atomic E-state index is 0.0998. The zero-order valence-electron chi connectivity index (χ0n) is 9.76. The second-order valence-electron chi connectivity index (χ2n) is 4.08. The van der Waals surface area contributed by atoms with Gasteiger partial charge in [0.15, 0.2) is 0 Å². The Labute approximate surface area is 105 Å². The lowest BCUT2D eigenvalue weighted by atomic mass is 10.0. The molecular weight excluding hydrogens is 261 g/mol. The minimum Gasteiger partial charge on any atom is -0.364 e. The molecule has 0 aliphatic carbocycles. The van der Waals surface area contributed by atoms with Gasteiger partial charge in [-0.25, -0.2) is 0 Å². The third kappa shape index (κ3) is 2.18. The quantitative estimate of drug-likeness (QED) is 0.831. The van der Waals surface area contributed by atoms with Gasteiger partial charge in [-0.1, -0.05) is 6.07 Å². The molecule has 1 aromatic heterocycles. The first-order chi connectivity index (χ1) is 8.71. The van der Waals surface area contributed by atoms with Crippen molar-refractivity contribution < 1.29 is 18.0 Å². The van der Waals surface area contributed by atoms with Gasteiger partial charge in [0.25, 0.3) is 11.5 Å². The van der Waals surface area contributed by atoms with E-state index in [-0.39, 0.29) is 16.5 Å². The Kier molecular flexibility index (Phi) is 2.84. The van der Waals surface area contributed by atoms with E-state index in [0.29, 0.717) is 5.56 Å². The molecule has 0 unspecified atom stereocenters. The molecule has 0 fully saturated rings. The molecule has 0 aliphatic rings. The molecule has 2 aromatic rings. The molecule has 4 nitrogen and oxygen atoms in total. The predicted molar refractivity (Wildman–Crippen MR) is 62.8 cm³/mol.